The number of hydrogen-bond donors (Lipinski definition) is 0. The van der Waals surface area contributed by atoms with Crippen molar-refractivity contribution in [2.75, 3.05) is 25.2 Å². The summed E-state index contributed by atoms with van der Waals surface area (Å²) in [6.07, 6.45) is 1.44. The van der Waals surface area contributed by atoms with Crippen LogP contribution >= 0.6 is 0 Å². The second-order valence-electron chi connectivity index (χ2n) is 6.75. The van der Waals surface area contributed by atoms with E-state index in [9.17, 15) is 14.4 Å². The van der Waals surface area contributed by atoms with Gasteiger partial charge in [0.2, 0.25) is 5.91 Å². The van der Waals surface area contributed by atoms with Crippen molar-refractivity contribution >= 4 is 22.5 Å². The summed E-state index contributed by atoms with van der Waals surface area (Å²) in [5.41, 5.74) is 3.62. The zero-order valence-corrected chi connectivity index (χ0v) is 15.6. The molecule has 1 aromatic heterocycles. The molecule has 142 valence electrons. The number of nitrogens with zero attached hydrogens (tertiary/aromatic N) is 3. The van der Waals surface area contributed by atoms with E-state index in [0.717, 1.165) is 35.1 Å². The highest BCUT2D eigenvalue weighted by Gasteiger charge is 2.23. The quantitative estimate of drug-likeness (QED) is 0.667. The van der Waals surface area contributed by atoms with Gasteiger partial charge in [0.25, 0.3) is 0 Å². The van der Waals surface area contributed by atoms with Crippen molar-refractivity contribution in [1.82, 2.24) is 4.57 Å². The lowest BCUT2D eigenvalue weighted by atomic mass is 10.1. The largest absolute Gasteiger partial charge is 0.497 e. The number of anilines is 1. The Bertz CT molecular complexity index is 1080. The number of benzene rings is 2. The van der Waals surface area contributed by atoms with E-state index < -0.39 is 6.67 Å². The Kier molecular flexibility index (Phi) is 4.74. The highest BCUT2D eigenvalue weighted by molar-refractivity contribution is 5.97. The van der Waals surface area contributed by atoms with E-state index in [4.69, 9.17) is 4.74 Å². The van der Waals surface area contributed by atoms with Crippen molar-refractivity contribution in [3.05, 3.63) is 48.0 Å². The van der Waals surface area contributed by atoms with Gasteiger partial charge in [-0.2, -0.15) is 5.26 Å². The number of methoxy groups -OCH3 is 1. The molecule has 0 unspecified atom stereocenters. The number of halogens is 1. The number of alkyl halides is 1. The Labute approximate surface area is 162 Å². The molecule has 0 aliphatic carbocycles. The van der Waals surface area contributed by atoms with Gasteiger partial charge >= 0.3 is 0 Å². The van der Waals surface area contributed by atoms with Gasteiger partial charge in [0.15, 0.2) is 0 Å². The fourth-order valence-corrected chi connectivity index (χ4v) is 3.91. The van der Waals surface area contributed by atoms with Gasteiger partial charge in [-0.15, -0.1) is 0 Å². The second kappa shape index (κ2) is 7.35. The van der Waals surface area contributed by atoms with Crippen LogP contribution in [0.5, 0.6) is 5.75 Å². The predicted octanol–water partition coefficient (Wildman–Crippen LogP) is 4.28. The molecule has 0 saturated carbocycles. The number of aromatic nitrogens is 1. The first-order chi connectivity index (χ1) is 13.7. The molecule has 0 radical (unpaired) electrons. The molecular formula is C22H20FN3O2. The Morgan fingerprint density at radius 1 is 1.21 bits per heavy atom. The predicted molar refractivity (Wildman–Crippen MR) is 106 cm³/mol. The molecule has 4 rings (SSSR count). The molecule has 2 heterocycles. The molecule has 5 nitrogen and oxygen atoms in total. The van der Waals surface area contributed by atoms with E-state index in [1.54, 1.807) is 18.1 Å². The van der Waals surface area contributed by atoms with Gasteiger partial charge in [-0.3, -0.25) is 4.79 Å². The Morgan fingerprint density at radius 2 is 2.00 bits per heavy atom. The zero-order valence-electron chi connectivity index (χ0n) is 15.6. The first-order valence-electron chi connectivity index (χ1n) is 9.25. The van der Waals surface area contributed by atoms with Crippen LogP contribution < -0.4 is 9.64 Å². The molecule has 1 fully saturated rings. The summed E-state index contributed by atoms with van der Waals surface area (Å²) >= 11 is 0. The molecule has 0 atom stereocenters. The lowest BCUT2D eigenvalue weighted by Gasteiger charge is -2.16. The van der Waals surface area contributed by atoms with Crippen LogP contribution in [0.2, 0.25) is 0 Å². The molecule has 0 N–H and O–H groups in total. The maximum atomic E-state index is 13.3. The lowest BCUT2D eigenvalue weighted by molar-refractivity contribution is -0.117. The van der Waals surface area contributed by atoms with Crippen LogP contribution in [0.25, 0.3) is 22.2 Å². The molecule has 2 aromatic carbocycles. The number of hydrogen-bond acceptors (Lipinski definition) is 3. The number of ether oxygens (including phenoxy) is 1. The van der Waals surface area contributed by atoms with Gasteiger partial charge in [0.05, 0.1) is 30.4 Å². The second-order valence-corrected chi connectivity index (χ2v) is 6.75. The van der Waals surface area contributed by atoms with Gasteiger partial charge < -0.3 is 14.2 Å². The number of carbonyl (C=O) groups is 1. The minimum absolute atomic E-state index is 0.129. The van der Waals surface area contributed by atoms with Crippen molar-refractivity contribution in [3.63, 3.8) is 0 Å². The maximum absolute atomic E-state index is 13.3. The third-order valence-corrected chi connectivity index (χ3v) is 5.22. The summed E-state index contributed by atoms with van der Waals surface area (Å²) in [5, 5.41) is 10.6. The zero-order chi connectivity index (χ0) is 19.7. The van der Waals surface area contributed by atoms with Crippen LogP contribution in [0.15, 0.2) is 42.5 Å². The number of aryl methyl sites for hydroxylation is 1. The number of rotatable bonds is 5. The molecule has 28 heavy (non-hydrogen) atoms. The van der Waals surface area contributed by atoms with Gasteiger partial charge in [0.1, 0.15) is 18.5 Å². The van der Waals surface area contributed by atoms with Crippen molar-refractivity contribution in [2.45, 2.75) is 19.4 Å². The third kappa shape index (κ3) is 2.89. The van der Waals surface area contributed by atoms with Gasteiger partial charge in [0, 0.05) is 30.1 Å². The normalized spacial score (nSPS) is 13.9. The van der Waals surface area contributed by atoms with E-state index in [0.29, 0.717) is 23.4 Å². The highest BCUT2D eigenvalue weighted by atomic mass is 19.1. The Balaban J connectivity index is 1.86. The topological polar surface area (TPSA) is 58.3 Å². The number of carbonyl (C=O) groups excluding carboxylic acids is 1. The van der Waals surface area contributed by atoms with Crippen molar-refractivity contribution in [2.24, 2.45) is 0 Å². The van der Waals surface area contributed by atoms with Gasteiger partial charge in [-0.1, -0.05) is 12.1 Å². The van der Waals surface area contributed by atoms with E-state index in [1.807, 2.05) is 41.0 Å². The average molecular weight is 377 g/mol. The maximum Gasteiger partial charge on any atom is 0.227 e. The van der Waals surface area contributed by atoms with E-state index >= 15 is 0 Å². The Morgan fingerprint density at radius 3 is 2.61 bits per heavy atom. The summed E-state index contributed by atoms with van der Waals surface area (Å²) in [6.45, 7) is 0.329. The highest BCUT2D eigenvalue weighted by Crippen LogP contribution is 2.36. The first-order valence-corrected chi connectivity index (χ1v) is 9.25. The summed E-state index contributed by atoms with van der Waals surface area (Å²) in [4.78, 5) is 13.7. The Hall–Kier alpha value is -3.33. The summed E-state index contributed by atoms with van der Waals surface area (Å²) in [7, 11) is 1.58. The number of amides is 1. The average Bonchev–Trinajstić information content (AvgIpc) is 3.29. The summed E-state index contributed by atoms with van der Waals surface area (Å²) < 4.78 is 20.5. The minimum atomic E-state index is -0.542. The van der Waals surface area contributed by atoms with Crippen LogP contribution in [0.1, 0.15) is 18.4 Å². The smallest absolute Gasteiger partial charge is 0.227 e. The van der Waals surface area contributed by atoms with E-state index in [2.05, 4.69) is 6.07 Å². The number of nitriles is 1. The first kappa shape index (κ1) is 18.1. The van der Waals surface area contributed by atoms with Gasteiger partial charge in [-0.05, 0) is 36.2 Å². The van der Waals surface area contributed by atoms with Crippen LogP contribution in [-0.4, -0.2) is 30.8 Å². The molecule has 1 aliphatic heterocycles. The molecule has 6 heteroatoms. The number of fused-ring (bicyclic) bond motifs is 1. The van der Waals surface area contributed by atoms with Gasteiger partial charge in [-0.25, -0.2) is 4.39 Å². The minimum Gasteiger partial charge on any atom is -0.497 e. The molecule has 3 aromatic rings. The standard InChI is InChI=1S/C22H20FN3O2/c1-28-17-8-9-18-19(14-24)22(26(12-10-23)20(18)13-17)15-4-6-16(7-5-15)25-11-2-3-21(25)27/h4-9,13H,2-3,10-12H2,1H3. The van der Waals surface area contributed by atoms with Crippen LogP contribution in [0, 0.1) is 11.3 Å². The fourth-order valence-electron chi connectivity index (χ4n) is 3.91. The third-order valence-electron chi connectivity index (χ3n) is 5.22. The van der Waals surface area contributed by atoms with Crippen molar-refractivity contribution in [1.29, 1.82) is 5.26 Å². The van der Waals surface area contributed by atoms with Crippen molar-refractivity contribution < 1.29 is 13.9 Å². The molecule has 0 spiro atoms. The van der Waals surface area contributed by atoms with Crippen LogP contribution in [0.4, 0.5) is 10.1 Å². The fraction of sp³-hybridized carbons (Fsp3) is 0.273. The van der Waals surface area contributed by atoms with Crippen LogP contribution in [-0.2, 0) is 11.3 Å². The molecule has 0 bridgehead atoms. The van der Waals surface area contributed by atoms with Crippen molar-refractivity contribution in [3.8, 4) is 23.1 Å². The molecular weight excluding hydrogens is 357 g/mol. The lowest BCUT2D eigenvalue weighted by Crippen LogP contribution is -2.23. The summed E-state index contributed by atoms with van der Waals surface area (Å²) in [6, 6.07) is 15.3. The molecule has 1 saturated heterocycles. The summed E-state index contributed by atoms with van der Waals surface area (Å²) in [5.74, 6) is 0.785. The SMILES string of the molecule is COc1ccc2c(C#N)c(-c3ccc(N4CCCC4=O)cc3)n(CCF)c2c1. The van der Waals surface area contributed by atoms with E-state index in [1.165, 1.54) is 0 Å². The van der Waals surface area contributed by atoms with E-state index in [-0.39, 0.29) is 12.5 Å². The molecule has 1 amide bonds. The van der Waals surface area contributed by atoms with Crippen LogP contribution in [0.3, 0.4) is 0 Å². The monoisotopic (exact) mass is 377 g/mol. The molecule has 1 aliphatic rings.